The van der Waals surface area contributed by atoms with Crippen molar-refractivity contribution in [2.75, 3.05) is 37.0 Å². The molecular formula is C16H21ClN2O3S. The first-order valence-electron chi connectivity index (χ1n) is 7.50. The molecule has 23 heavy (non-hydrogen) atoms. The van der Waals surface area contributed by atoms with Crippen molar-refractivity contribution in [3.63, 3.8) is 0 Å². The molecule has 0 saturated carbocycles. The molecule has 0 aromatic heterocycles. The lowest BCUT2D eigenvalue weighted by Crippen LogP contribution is -2.29. The SMILES string of the molecule is COc1cc(Cl)c(C)cc1NC(=O)CSCC(=O)N1CCCC1. The number of benzene rings is 1. The van der Waals surface area contributed by atoms with Crippen molar-refractivity contribution in [1.29, 1.82) is 0 Å². The van der Waals surface area contributed by atoms with Gasteiger partial charge in [0.2, 0.25) is 11.8 Å². The van der Waals surface area contributed by atoms with Crippen LogP contribution in [0.5, 0.6) is 5.75 Å². The molecule has 0 spiro atoms. The zero-order chi connectivity index (χ0) is 16.8. The van der Waals surface area contributed by atoms with Crippen LogP contribution in [0.1, 0.15) is 18.4 Å². The van der Waals surface area contributed by atoms with Crippen molar-refractivity contribution in [2.45, 2.75) is 19.8 Å². The summed E-state index contributed by atoms with van der Waals surface area (Å²) in [5, 5.41) is 3.39. The number of hydrogen-bond acceptors (Lipinski definition) is 4. The summed E-state index contributed by atoms with van der Waals surface area (Å²) in [4.78, 5) is 25.8. The lowest BCUT2D eigenvalue weighted by atomic mass is 10.2. The average molecular weight is 357 g/mol. The number of nitrogens with zero attached hydrogens (tertiary/aromatic N) is 1. The van der Waals surface area contributed by atoms with E-state index in [2.05, 4.69) is 5.32 Å². The summed E-state index contributed by atoms with van der Waals surface area (Å²) in [5.74, 6) is 1.03. The second kappa shape index (κ2) is 8.45. The number of nitrogens with one attached hydrogen (secondary N) is 1. The summed E-state index contributed by atoms with van der Waals surface area (Å²) in [7, 11) is 1.53. The summed E-state index contributed by atoms with van der Waals surface area (Å²) in [6.07, 6.45) is 2.15. The molecule has 1 aliphatic rings. The molecule has 0 radical (unpaired) electrons. The number of amides is 2. The Morgan fingerprint density at radius 1 is 1.30 bits per heavy atom. The van der Waals surface area contributed by atoms with Gasteiger partial charge in [-0.15, -0.1) is 11.8 Å². The lowest BCUT2D eigenvalue weighted by Gasteiger charge is -2.15. The summed E-state index contributed by atoms with van der Waals surface area (Å²) in [5.41, 5.74) is 1.45. The van der Waals surface area contributed by atoms with E-state index >= 15 is 0 Å². The van der Waals surface area contributed by atoms with Gasteiger partial charge < -0.3 is 15.0 Å². The standard InChI is InChI=1S/C16H21ClN2O3S/c1-11-7-13(14(22-2)8-12(11)17)18-15(20)9-23-10-16(21)19-5-3-4-6-19/h7-8H,3-6,9-10H2,1-2H3,(H,18,20). The van der Waals surface area contributed by atoms with Gasteiger partial charge in [0.05, 0.1) is 24.3 Å². The molecule has 7 heteroatoms. The van der Waals surface area contributed by atoms with Gasteiger partial charge in [-0.1, -0.05) is 11.6 Å². The highest BCUT2D eigenvalue weighted by atomic mass is 35.5. The Kier molecular flexibility index (Phi) is 6.59. The highest BCUT2D eigenvalue weighted by molar-refractivity contribution is 8.00. The Labute approximate surface area is 145 Å². The smallest absolute Gasteiger partial charge is 0.234 e. The predicted octanol–water partition coefficient (Wildman–Crippen LogP) is 2.95. The topological polar surface area (TPSA) is 58.6 Å². The van der Waals surface area contributed by atoms with Crippen molar-refractivity contribution < 1.29 is 14.3 Å². The van der Waals surface area contributed by atoms with Crippen LogP contribution < -0.4 is 10.1 Å². The number of aryl methyl sites for hydroxylation is 1. The van der Waals surface area contributed by atoms with Crippen LogP contribution in [0.15, 0.2) is 12.1 Å². The number of thioether (sulfide) groups is 1. The van der Waals surface area contributed by atoms with E-state index in [1.54, 1.807) is 12.1 Å². The predicted molar refractivity (Wildman–Crippen MR) is 94.5 cm³/mol. The van der Waals surface area contributed by atoms with Gasteiger partial charge in [0.25, 0.3) is 0 Å². The second-order valence-corrected chi connectivity index (χ2v) is 6.82. The number of halogens is 1. The van der Waals surface area contributed by atoms with Crippen LogP contribution in [-0.2, 0) is 9.59 Å². The van der Waals surface area contributed by atoms with E-state index in [1.807, 2.05) is 11.8 Å². The van der Waals surface area contributed by atoms with Gasteiger partial charge in [-0.3, -0.25) is 9.59 Å². The van der Waals surface area contributed by atoms with Gasteiger partial charge in [-0.05, 0) is 31.4 Å². The molecule has 1 heterocycles. The molecule has 2 amide bonds. The maximum Gasteiger partial charge on any atom is 0.234 e. The van der Waals surface area contributed by atoms with E-state index in [0.717, 1.165) is 31.5 Å². The lowest BCUT2D eigenvalue weighted by molar-refractivity contribution is -0.127. The first-order chi connectivity index (χ1) is 11.0. The molecule has 1 aromatic rings. The summed E-state index contributed by atoms with van der Waals surface area (Å²) >= 11 is 7.37. The van der Waals surface area contributed by atoms with E-state index in [9.17, 15) is 9.59 Å². The zero-order valence-corrected chi connectivity index (χ0v) is 14.9. The zero-order valence-electron chi connectivity index (χ0n) is 13.4. The minimum atomic E-state index is -0.163. The Hall–Kier alpha value is -1.40. The summed E-state index contributed by atoms with van der Waals surface area (Å²) < 4.78 is 5.23. The van der Waals surface area contributed by atoms with E-state index in [-0.39, 0.29) is 17.6 Å². The van der Waals surface area contributed by atoms with Crippen LogP contribution in [0.25, 0.3) is 0 Å². The Bertz CT molecular complexity index is 589. The van der Waals surface area contributed by atoms with Crippen LogP contribution in [-0.4, -0.2) is 48.4 Å². The third kappa shape index (κ3) is 5.04. The van der Waals surface area contributed by atoms with E-state index in [1.165, 1.54) is 18.9 Å². The van der Waals surface area contributed by atoms with Crippen molar-refractivity contribution >= 4 is 40.9 Å². The largest absolute Gasteiger partial charge is 0.495 e. The quantitative estimate of drug-likeness (QED) is 0.851. The average Bonchev–Trinajstić information content (AvgIpc) is 3.05. The van der Waals surface area contributed by atoms with E-state index in [0.29, 0.717) is 22.2 Å². The van der Waals surface area contributed by atoms with Crippen LogP contribution >= 0.6 is 23.4 Å². The van der Waals surface area contributed by atoms with Crippen LogP contribution in [0.3, 0.4) is 0 Å². The molecule has 0 aliphatic carbocycles. The molecule has 0 unspecified atom stereocenters. The molecule has 5 nitrogen and oxygen atoms in total. The summed E-state index contributed by atoms with van der Waals surface area (Å²) in [6, 6.07) is 3.45. The number of ether oxygens (including phenoxy) is 1. The van der Waals surface area contributed by atoms with Gasteiger partial charge in [-0.25, -0.2) is 0 Å². The van der Waals surface area contributed by atoms with Crippen LogP contribution in [0, 0.1) is 6.92 Å². The maximum atomic E-state index is 12.0. The van der Waals surface area contributed by atoms with Crippen molar-refractivity contribution in [3.8, 4) is 5.75 Å². The Morgan fingerprint density at radius 3 is 2.65 bits per heavy atom. The number of likely N-dealkylation sites (tertiary alicyclic amines) is 1. The number of carbonyl (C=O) groups is 2. The van der Waals surface area contributed by atoms with Crippen molar-refractivity contribution in [2.24, 2.45) is 0 Å². The fraction of sp³-hybridized carbons (Fsp3) is 0.500. The van der Waals surface area contributed by atoms with Gasteiger partial charge in [0, 0.05) is 24.2 Å². The Morgan fingerprint density at radius 2 is 2.00 bits per heavy atom. The molecule has 1 N–H and O–H groups in total. The highest BCUT2D eigenvalue weighted by Gasteiger charge is 2.18. The molecule has 2 rings (SSSR count). The van der Waals surface area contributed by atoms with E-state index in [4.69, 9.17) is 16.3 Å². The van der Waals surface area contributed by atoms with Crippen LogP contribution in [0.2, 0.25) is 5.02 Å². The molecule has 1 saturated heterocycles. The first-order valence-corrected chi connectivity index (χ1v) is 9.04. The van der Waals surface area contributed by atoms with Crippen molar-refractivity contribution in [1.82, 2.24) is 4.90 Å². The third-order valence-electron chi connectivity index (χ3n) is 3.67. The van der Waals surface area contributed by atoms with Crippen LogP contribution in [0.4, 0.5) is 5.69 Å². The number of hydrogen-bond donors (Lipinski definition) is 1. The normalized spacial score (nSPS) is 14.0. The number of carbonyl (C=O) groups excluding carboxylic acids is 2. The molecule has 1 aliphatic heterocycles. The van der Waals surface area contributed by atoms with Gasteiger partial charge >= 0.3 is 0 Å². The molecule has 1 fully saturated rings. The third-order valence-corrected chi connectivity index (χ3v) is 5.00. The second-order valence-electron chi connectivity index (χ2n) is 5.43. The Balaban J connectivity index is 1.82. The fourth-order valence-electron chi connectivity index (χ4n) is 2.40. The number of anilines is 1. The first kappa shape index (κ1) is 17.9. The summed E-state index contributed by atoms with van der Waals surface area (Å²) in [6.45, 7) is 3.54. The molecule has 126 valence electrons. The molecule has 0 atom stereocenters. The molecule has 0 bridgehead atoms. The molecule has 1 aromatic carbocycles. The maximum absolute atomic E-state index is 12.0. The van der Waals surface area contributed by atoms with Crippen molar-refractivity contribution in [3.05, 3.63) is 22.7 Å². The molecular weight excluding hydrogens is 336 g/mol. The monoisotopic (exact) mass is 356 g/mol. The van der Waals surface area contributed by atoms with Gasteiger partial charge in [0.1, 0.15) is 5.75 Å². The number of rotatable bonds is 6. The van der Waals surface area contributed by atoms with Gasteiger partial charge in [-0.2, -0.15) is 0 Å². The van der Waals surface area contributed by atoms with E-state index < -0.39 is 0 Å². The minimum absolute atomic E-state index is 0.111. The fourth-order valence-corrected chi connectivity index (χ4v) is 3.28. The minimum Gasteiger partial charge on any atom is -0.495 e. The highest BCUT2D eigenvalue weighted by Crippen LogP contribution is 2.31. The number of methoxy groups -OCH3 is 1. The van der Waals surface area contributed by atoms with Gasteiger partial charge in [0.15, 0.2) is 0 Å².